The van der Waals surface area contributed by atoms with Gasteiger partial charge in [0, 0.05) is 25.0 Å². The van der Waals surface area contributed by atoms with E-state index in [4.69, 9.17) is 4.74 Å². The summed E-state index contributed by atoms with van der Waals surface area (Å²) in [5.41, 5.74) is 3.23. The molecule has 1 aliphatic rings. The van der Waals surface area contributed by atoms with Gasteiger partial charge < -0.3 is 13.9 Å². The van der Waals surface area contributed by atoms with Crippen molar-refractivity contribution in [3.8, 4) is 0 Å². The van der Waals surface area contributed by atoms with Gasteiger partial charge in [-0.3, -0.25) is 9.59 Å². The van der Waals surface area contributed by atoms with Crippen LogP contribution in [0.5, 0.6) is 0 Å². The molecule has 0 radical (unpaired) electrons. The number of ether oxygens (including phenoxy) is 1. The summed E-state index contributed by atoms with van der Waals surface area (Å²) in [5, 5.41) is 0. The van der Waals surface area contributed by atoms with Crippen LogP contribution < -0.4 is 0 Å². The van der Waals surface area contributed by atoms with Crippen LogP contribution in [0.25, 0.3) is 0 Å². The second-order valence-corrected chi connectivity index (χ2v) is 7.00. The highest BCUT2D eigenvalue weighted by Crippen LogP contribution is 2.34. The van der Waals surface area contributed by atoms with Gasteiger partial charge in [0.25, 0.3) is 0 Å². The number of aryl methyl sites for hydroxylation is 2. The Bertz CT molecular complexity index is 798. The number of hydrogen-bond donors (Lipinski definition) is 0. The fourth-order valence-corrected chi connectivity index (χ4v) is 3.68. The maximum absolute atomic E-state index is 13.1. The van der Waals surface area contributed by atoms with Gasteiger partial charge in [0.05, 0.1) is 23.4 Å². The lowest BCUT2D eigenvalue weighted by Crippen LogP contribution is -2.18. The van der Waals surface area contributed by atoms with Gasteiger partial charge in [-0.25, -0.2) is 0 Å². The molecule has 0 amide bonds. The summed E-state index contributed by atoms with van der Waals surface area (Å²) in [4.78, 5) is 25.5. The summed E-state index contributed by atoms with van der Waals surface area (Å²) in [5.74, 6) is -0.440. The smallest absolute Gasteiger partial charge is 0.315 e. The molecule has 0 saturated carbocycles. The van der Waals surface area contributed by atoms with Gasteiger partial charge in [0.15, 0.2) is 0 Å². The molecule has 2 aromatic heterocycles. The Morgan fingerprint density at radius 3 is 2.80 bits per heavy atom. The normalized spacial score (nSPS) is 16.3. The largest absolute Gasteiger partial charge is 0.462 e. The molecule has 0 N–H and O–H groups in total. The number of hydrogen-bond acceptors (Lipinski definition) is 3. The van der Waals surface area contributed by atoms with Crippen molar-refractivity contribution in [1.82, 2.24) is 9.13 Å². The second kappa shape index (κ2) is 6.90. The van der Waals surface area contributed by atoms with Crippen LogP contribution in [-0.4, -0.2) is 27.0 Å². The van der Waals surface area contributed by atoms with Gasteiger partial charge in [-0.2, -0.15) is 0 Å². The zero-order valence-electron chi connectivity index (χ0n) is 15.4. The number of nitrogens with zero attached hydrogens (tertiary/aromatic N) is 2. The standard InChI is InChI=1S/C20H26N2O3/c1-5-9-21-10-6-7-16(21)19(23)18-14(4)12-17-15(8-11-22(17)18)20(24)25-13(2)3/h6-7,10,12-13,15H,5,8-9,11H2,1-4H3. The molecule has 5 heteroatoms. The Morgan fingerprint density at radius 1 is 1.36 bits per heavy atom. The Morgan fingerprint density at radius 2 is 2.12 bits per heavy atom. The number of ketones is 1. The minimum Gasteiger partial charge on any atom is -0.462 e. The third-order valence-electron chi connectivity index (χ3n) is 4.70. The number of carbonyl (C=O) groups excluding carboxylic acids is 2. The molecule has 0 aromatic carbocycles. The Labute approximate surface area is 148 Å². The van der Waals surface area contributed by atoms with Crippen molar-refractivity contribution in [2.24, 2.45) is 0 Å². The van der Waals surface area contributed by atoms with Crippen molar-refractivity contribution in [2.75, 3.05) is 0 Å². The van der Waals surface area contributed by atoms with E-state index in [0.29, 0.717) is 24.4 Å². The van der Waals surface area contributed by atoms with E-state index >= 15 is 0 Å². The van der Waals surface area contributed by atoms with Crippen molar-refractivity contribution in [2.45, 2.75) is 65.6 Å². The highest BCUT2D eigenvalue weighted by molar-refractivity contribution is 6.08. The molecule has 0 aliphatic carbocycles. The highest BCUT2D eigenvalue weighted by Gasteiger charge is 2.35. The monoisotopic (exact) mass is 342 g/mol. The molecule has 1 unspecified atom stereocenters. The molecule has 5 nitrogen and oxygen atoms in total. The summed E-state index contributed by atoms with van der Waals surface area (Å²) in [6.45, 7) is 9.25. The second-order valence-electron chi connectivity index (χ2n) is 7.00. The number of esters is 1. The van der Waals surface area contributed by atoms with Crippen LogP contribution in [0, 0.1) is 6.92 Å². The zero-order chi connectivity index (χ0) is 18.1. The van der Waals surface area contributed by atoms with Crippen LogP contribution in [0.15, 0.2) is 24.4 Å². The molecule has 0 fully saturated rings. The van der Waals surface area contributed by atoms with E-state index in [0.717, 1.165) is 24.2 Å². The third kappa shape index (κ3) is 3.15. The minimum atomic E-state index is -0.273. The molecule has 3 heterocycles. The Balaban J connectivity index is 1.94. The summed E-state index contributed by atoms with van der Waals surface area (Å²) < 4.78 is 9.39. The first-order valence-corrected chi connectivity index (χ1v) is 9.04. The fraction of sp³-hybridized carbons (Fsp3) is 0.500. The van der Waals surface area contributed by atoms with Gasteiger partial charge >= 0.3 is 5.97 Å². The van der Waals surface area contributed by atoms with Gasteiger partial charge in [0.2, 0.25) is 5.78 Å². The van der Waals surface area contributed by atoms with Crippen LogP contribution in [0.4, 0.5) is 0 Å². The van der Waals surface area contributed by atoms with Gasteiger partial charge in [-0.1, -0.05) is 6.92 Å². The first-order valence-electron chi connectivity index (χ1n) is 9.04. The molecule has 134 valence electrons. The lowest BCUT2D eigenvalue weighted by Gasteiger charge is -2.12. The number of rotatable bonds is 6. The van der Waals surface area contributed by atoms with E-state index in [9.17, 15) is 9.59 Å². The van der Waals surface area contributed by atoms with Crippen LogP contribution in [-0.2, 0) is 22.6 Å². The van der Waals surface area contributed by atoms with Crippen molar-refractivity contribution in [1.29, 1.82) is 0 Å². The first-order chi connectivity index (χ1) is 11.9. The van der Waals surface area contributed by atoms with Crippen molar-refractivity contribution in [3.05, 3.63) is 47.0 Å². The maximum Gasteiger partial charge on any atom is 0.315 e. The van der Waals surface area contributed by atoms with Crippen LogP contribution >= 0.6 is 0 Å². The third-order valence-corrected chi connectivity index (χ3v) is 4.70. The van der Waals surface area contributed by atoms with Gasteiger partial charge in [-0.15, -0.1) is 0 Å². The predicted molar refractivity (Wildman–Crippen MR) is 95.9 cm³/mol. The lowest BCUT2D eigenvalue weighted by atomic mass is 10.0. The molecule has 25 heavy (non-hydrogen) atoms. The van der Waals surface area contributed by atoms with Crippen LogP contribution in [0.1, 0.15) is 67.0 Å². The summed E-state index contributed by atoms with van der Waals surface area (Å²) in [7, 11) is 0. The topological polar surface area (TPSA) is 53.2 Å². The van der Waals surface area contributed by atoms with Gasteiger partial charge in [0.1, 0.15) is 0 Å². The molecular weight excluding hydrogens is 316 g/mol. The zero-order valence-corrected chi connectivity index (χ0v) is 15.4. The Kier molecular flexibility index (Phi) is 4.84. The predicted octanol–water partition coefficient (Wildman–Crippen LogP) is 3.68. The Hall–Kier alpha value is -2.30. The molecule has 0 bridgehead atoms. The summed E-state index contributed by atoms with van der Waals surface area (Å²) in [6, 6.07) is 5.76. The lowest BCUT2D eigenvalue weighted by molar-refractivity contribution is -0.149. The molecule has 0 saturated heterocycles. The summed E-state index contributed by atoms with van der Waals surface area (Å²) >= 11 is 0. The molecular formula is C20H26N2O3. The van der Waals surface area contributed by atoms with E-state index < -0.39 is 0 Å². The molecule has 2 aromatic rings. The van der Waals surface area contributed by atoms with E-state index in [1.54, 1.807) is 0 Å². The van der Waals surface area contributed by atoms with Crippen LogP contribution in [0.3, 0.4) is 0 Å². The van der Waals surface area contributed by atoms with Gasteiger partial charge in [-0.05, 0) is 57.4 Å². The number of fused-ring (bicyclic) bond motifs is 1. The molecule has 1 aliphatic heterocycles. The molecule has 1 atom stereocenters. The fourth-order valence-electron chi connectivity index (χ4n) is 3.68. The maximum atomic E-state index is 13.1. The first kappa shape index (κ1) is 17.5. The van der Waals surface area contributed by atoms with Crippen molar-refractivity contribution < 1.29 is 14.3 Å². The highest BCUT2D eigenvalue weighted by atomic mass is 16.5. The number of aromatic nitrogens is 2. The van der Waals surface area contributed by atoms with E-state index in [1.165, 1.54) is 0 Å². The minimum absolute atomic E-state index is 0.0278. The van der Waals surface area contributed by atoms with Crippen molar-refractivity contribution >= 4 is 11.8 Å². The SMILES string of the molecule is CCCn1cccc1C(=O)c1c(C)cc2n1CCC2C(=O)OC(C)C. The molecule has 3 rings (SSSR count). The van der Waals surface area contributed by atoms with E-state index in [-0.39, 0.29) is 23.8 Å². The van der Waals surface area contributed by atoms with Crippen molar-refractivity contribution in [3.63, 3.8) is 0 Å². The average Bonchev–Trinajstić information content (AvgIpc) is 3.21. The van der Waals surface area contributed by atoms with Crippen LogP contribution in [0.2, 0.25) is 0 Å². The van der Waals surface area contributed by atoms with E-state index in [2.05, 4.69) is 6.92 Å². The quantitative estimate of drug-likeness (QED) is 0.594. The molecule has 0 spiro atoms. The summed E-state index contributed by atoms with van der Waals surface area (Å²) in [6.07, 6.45) is 3.49. The average molecular weight is 342 g/mol. The number of carbonyl (C=O) groups is 2. The van der Waals surface area contributed by atoms with E-state index in [1.807, 2.05) is 54.3 Å².